The van der Waals surface area contributed by atoms with Crippen LogP contribution < -0.4 is 15.2 Å². The number of benzene rings is 1. The summed E-state index contributed by atoms with van der Waals surface area (Å²) in [6, 6.07) is 3.23. The van der Waals surface area contributed by atoms with E-state index in [9.17, 15) is 19.2 Å². The van der Waals surface area contributed by atoms with Crippen molar-refractivity contribution in [1.82, 2.24) is 0 Å². The van der Waals surface area contributed by atoms with Crippen molar-refractivity contribution in [3.63, 3.8) is 0 Å². The molecule has 1 aromatic carbocycles. The smallest absolute Gasteiger partial charge is 0.461 e. The Kier molecular flexibility index (Phi) is 13.7. The molecule has 0 aliphatic rings. The molecule has 12 heteroatoms. The highest BCUT2D eigenvalue weighted by molar-refractivity contribution is 5.76. The third kappa shape index (κ3) is 15.2. The van der Waals surface area contributed by atoms with E-state index in [1.807, 2.05) is 48.5 Å². The minimum atomic E-state index is -1.09. The second kappa shape index (κ2) is 15.9. The van der Waals surface area contributed by atoms with Gasteiger partial charge >= 0.3 is 24.4 Å². The molecule has 40 heavy (non-hydrogen) atoms. The molecule has 0 fully saturated rings. The SMILES string of the molecule is CCCOC(=O)O[C@@H](C)COC(=O)[C@@H](N)Cc1ccc(OC(=O)OCC(C)(C)C)c(OC(=O)OCC(C)(C)C)c1. The van der Waals surface area contributed by atoms with Crippen molar-refractivity contribution in [2.24, 2.45) is 16.6 Å². The average Bonchev–Trinajstić information content (AvgIpc) is 2.84. The van der Waals surface area contributed by atoms with Crippen molar-refractivity contribution in [1.29, 1.82) is 0 Å². The van der Waals surface area contributed by atoms with Gasteiger partial charge in [-0.2, -0.15) is 0 Å². The lowest BCUT2D eigenvalue weighted by Crippen LogP contribution is -2.36. The molecule has 0 radical (unpaired) electrons. The molecule has 0 amide bonds. The number of nitrogens with two attached hydrogens (primary N) is 1. The molecule has 0 spiro atoms. The fraction of sp³-hybridized carbons (Fsp3) is 0.643. The van der Waals surface area contributed by atoms with Crippen LogP contribution in [0, 0.1) is 10.8 Å². The summed E-state index contributed by atoms with van der Waals surface area (Å²) in [6.45, 7) is 14.9. The summed E-state index contributed by atoms with van der Waals surface area (Å²) < 4.78 is 35.8. The molecule has 0 aliphatic carbocycles. The Morgan fingerprint density at radius 3 is 1.88 bits per heavy atom. The number of carbonyl (C=O) groups is 4. The van der Waals surface area contributed by atoms with E-state index in [2.05, 4.69) is 0 Å². The van der Waals surface area contributed by atoms with E-state index in [0.717, 1.165) is 0 Å². The van der Waals surface area contributed by atoms with Crippen molar-refractivity contribution >= 4 is 24.4 Å². The highest BCUT2D eigenvalue weighted by Gasteiger charge is 2.23. The molecule has 226 valence electrons. The molecule has 0 unspecified atom stereocenters. The van der Waals surface area contributed by atoms with Crippen LogP contribution in [0.1, 0.15) is 67.4 Å². The number of hydrogen-bond acceptors (Lipinski definition) is 12. The lowest BCUT2D eigenvalue weighted by atomic mass is 9.99. The lowest BCUT2D eigenvalue weighted by molar-refractivity contribution is -0.148. The summed E-state index contributed by atoms with van der Waals surface area (Å²) in [7, 11) is 0. The van der Waals surface area contributed by atoms with Gasteiger partial charge in [-0.3, -0.25) is 4.79 Å². The van der Waals surface area contributed by atoms with Crippen molar-refractivity contribution in [3.8, 4) is 11.5 Å². The first-order chi connectivity index (χ1) is 18.5. The molecule has 1 rings (SSSR count). The van der Waals surface area contributed by atoms with Gasteiger partial charge in [0.2, 0.25) is 0 Å². The maximum absolute atomic E-state index is 12.4. The van der Waals surface area contributed by atoms with Gasteiger partial charge in [0.1, 0.15) is 18.8 Å². The van der Waals surface area contributed by atoms with E-state index < -0.39 is 36.6 Å². The van der Waals surface area contributed by atoms with Crippen molar-refractivity contribution in [2.75, 3.05) is 26.4 Å². The summed E-state index contributed by atoms with van der Waals surface area (Å²) in [5.41, 5.74) is 5.89. The Morgan fingerprint density at radius 1 is 0.800 bits per heavy atom. The first-order valence-electron chi connectivity index (χ1n) is 13.1. The summed E-state index contributed by atoms with van der Waals surface area (Å²) in [6.07, 6.45) is -2.94. The molecule has 0 aromatic heterocycles. The minimum Gasteiger partial charge on any atom is -0.461 e. The van der Waals surface area contributed by atoms with E-state index in [4.69, 9.17) is 38.9 Å². The molecule has 12 nitrogen and oxygen atoms in total. The molecule has 0 heterocycles. The molecule has 1 aromatic rings. The van der Waals surface area contributed by atoms with Gasteiger partial charge in [0.15, 0.2) is 11.5 Å². The van der Waals surface area contributed by atoms with Crippen molar-refractivity contribution < 1.29 is 52.3 Å². The number of hydrogen-bond donors (Lipinski definition) is 1. The number of rotatable bonds is 12. The largest absolute Gasteiger partial charge is 0.513 e. The first-order valence-corrected chi connectivity index (χ1v) is 13.1. The number of carbonyl (C=O) groups excluding carboxylic acids is 4. The fourth-order valence-electron chi connectivity index (χ4n) is 2.69. The second-order valence-corrected chi connectivity index (χ2v) is 11.7. The summed E-state index contributed by atoms with van der Waals surface area (Å²) in [5.74, 6) is -0.958. The maximum Gasteiger partial charge on any atom is 0.513 e. The van der Waals surface area contributed by atoms with Crippen LogP contribution in [0.5, 0.6) is 11.5 Å². The predicted molar refractivity (Wildman–Crippen MR) is 144 cm³/mol. The third-order valence-corrected chi connectivity index (χ3v) is 4.58. The zero-order valence-corrected chi connectivity index (χ0v) is 24.7. The van der Waals surface area contributed by atoms with Crippen LogP contribution in [-0.4, -0.2) is 63.0 Å². The topological polar surface area (TPSA) is 159 Å². The van der Waals surface area contributed by atoms with Crippen LogP contribution in [-0.2, 0) is 34.9 Å². The fourth-order valence-corrected chi connectivity index (χ4v) is 2.69. The van der Waals surface area contributed by atoms with Gasteiger partial charge in [0.25, 0.3) is 0 Å². The molecule has 0 saturated carbocycles. The van der Waals surface area contributed by atoms with E-state index in [-0.39, 0.29) is 55.2 Å². The van der Waals surface area contributed by atoms with E-state index >= 15 is 0 Å². The second-order valence-electron chi connectivity index (χ2n) is 11.7. The Bertz CT molecular complexity index is 995. The monoisotopic (exact) mass is 569 g/mol. The Balaban J connectivity index is 2.89. The van der Waals surface area contributed by atoms with Gasteiger partial charge in [0, 0.05) is 0 Å². The average molecular weight is 570 g/mol. The molecule has 2 N–H and O–H groups in total. The highest BCUT2D eigenvalue weighted by Crippen LogP contribution is 2.30. The minimum absolute atomic E-state index is 0.00520. The van der Waals surface area contributed by atoms with E-state index in [0.29, 0.717) is 12.0 Å². The van der Waals surface area contributed by atoms with Crippen LogP contribution in [0.3, 0.4) is 0 Å². The zero-order valence-electron chi connectivity index (χ0n) is 24.7. The summed E-state index contributed by atoms with van der Waals surface area (Å²) >= 11 is 0. The van der Waals surface area contributed by atoms with Crippen LogP contribution in [0.25, 0.3) is 0 Å². The highest BCUT2D eigenvalue weighted by atomic mass is 16.7. The van der Waals surface area contributed by atoms with Gasteiger partial charge in [-0.05, 0) is 48.3 Å². The number of esters is 1. The summed E-state index contributed by atoms with van der Waals surface area (Å²) in [5, 5.41) is 0. The molecule has 0 saturated heterocycles. The maximum atomic E-state index is 12.4. The summed E-state index contributed by atoms with van der Waals surface area (Å²) in [4.78, 5) is 48.5. The molecular formula is C28H43NO11. The number of ether oxygens (including phenoxy) is 7. The quantitative estimate of drug-likeness (QED) is 0.200. The first kappa shape index (κ1) is 34.5. The van der Waals surface area contributed by atoms with Gasteiger partial charge < -0.3 is 38.9 Å². The normalized spacial score (nSPS) is 12.9. The standard InChI is InChI=1S/C28H43NO11/c1-9-12-34-24(31)38-18(2)15-35-23(30)20(29)13-19-10-11-21(39-25(32)36-16-27(3,4)5)22(14-19)40-26(33)37-17-28(6,7)8/h10-11,14,18,20H,9,12-13,15-17,29H2,1-8H3/t18-,20-/m0/s1. The van der Waals surface area contributed by atoms with Gasteiger partial charge in [-0.1, -0.05) is 54.5 Å². The van der Waals surface area contributed by atoms with Crippen LogP contribution in [0.2, 0.25) is 0 Å². The van der Waals surface area contributed by atoms with Crippen LogP contribution in [0.15, 0.2) is 18.2 Å². The lowest BCUT2D eigenvalue weighted by Gasteiger charge is -2.19. The predicted octanol–water partition coefficient (Wildman–Crippen LogP) is 5.17. The van der Waals surface area contributed by atoms with Gasteiger partial charge in [0.05, 0.1) is 19.8 Å². The van der Waals surface area contributed by atoms with E-state index in [1.54, 1.807) is 13.0 Å². The molecule has 2 atom stereocenters. The van der Waals surface area contributed by atoms with E-state index in [1.165, 1.54) is 12.1 Å². The Labute approximate surface area is 235 Å². The molecule has 0 aliphatic heterocycles. The molecule has 0 bridgehead atoms. The van der Waals surface area contributed by atoms with Crippen LogP contribution in [0.4, 0.5) is 14.4 Å². The third-order valence-electron chi connectivity index (χ3n) is 4.58. The van der Waals surface area contributed by atoms with Crippen molar-refractivity contribution in [2.45, 2.75) is 80.4 Å². The van der Waals surface area contributed by atoms with Gasteiger partial charge in [-0.25, -0.2) is 14.4 Å². The van der Waals surface area contributed by atoms with Crippen molar-refractivity contribution in [3.05, 3.63) is 23.8 Å². The Morgan fingerprint density at radius 2 is 1.35 bits per heavy atom. The Hall–Kier alpha value is -3.54. The van der Waals surface area contributed by atoms with Crippen LogP contribution >= 0.6 is 0 Å². The zero-order chi connectivity index (χ0) is 30.5. The molecular weight excluding hydrogens is 526 g/mol. The van der Waals surface area contributed by atoms with Gasteiger partial charge in [-0.15, -0.1) is 0 Å².